The summed E-state index contributed by atoms with van der Waals surface area (Å²) in [6.07, 6.45) is 3.92. The number of rotatable bonds is 0. The van der Waals surface area contributed by atoms with E-state index in [1.54, 1.807) is 0 Å². The molecule has 0 spiro atoms. The molecular weight excluding hydrogens is 137 g/mol. The molecule has 2 fully saturated rings. The van der Waals surface area contributed by atoms with Crippen LogP contribution in [0, 0.1) is 0 Å². The first kappa shape index (κ1) is 7.62. The van der Waals surface area contributed by atoms with E-state index in [-0.39, 0.29) is 0 Å². The van der Waals surface area contributed by atoms with Crippen molar-refractivity contribution in [1.29, 1.82) is 0 Å². The molecular formula is C8H14BNO. The van der Waals surface area contributed by atoms with Crippen molar-refractivity contribution < 1.29 is 5.11 Å². The van der Waals surface area contributed by atoms with Gasteiger partial charge in [-0.25, -0.2) is 0 Å². The Morgan fingerprint density at radius 2 is 1.82 bits per heavy atom. The third-order valence-electron chi connectivity index (χ3n) is 3.16. The fourth-order valence-electron chi connectivity index (χ4n) is 2.48. The summed E-state index contributed by atoms with van der Waals surface area (Å²) in [5.74, 6) is 0. The Labute approximate surface area is 69.0 Å². The van der Waals surface area contributed by atoms with Gasteiger partial charge in [0.2, 0.25) is 0 Å². The van der Waals surface area contributed by atoms with Crippen molar-refractivity contribution in [3.8, 4) is 0 Å². The Hall–Kier alpha value is -0.0151. The highest BCUT2D eigenvalue weighted by molar-refractivity contribution is 6.14. The minimum Gasteiger partial charge on any atom is -0.400 e. The molecule has 0 aromatic heterocycles. The first-order valence-electron chi connectivity index (χ1n) is 4.32. The molecule has 0 saturated carbocycles. The molecule has 1 N–H and O–H groups in total. The summed E-state index contributed by atoms with van der Waals surface area (Å²) in [4.78, 5) is 2.36. The maximum Gasteiger partial charge on any atom is 0.113 e. The molecule has 2 unspecified atom stereocenters. The smallest absolute Gasteiger partial charge is 0.113 e. The van der Waals surface area contributed by atoms with Crippen molar-refractivity contribution >= 4 is 7.85 Å². The van der Waals surface area contributed by atoms with Gasteiger partial charge in [0.15, 0.2) is 0 Å². The van der Waals surface area contributed by atoms with Crippen molar-refractivity contribution in [2.75, 3.05) is 7.05 Å². The van der Waals surface area contributed by atoms with Gasteiger partial charge in [-0.3, -0.25) is 0 Å². The van der Waals surface area contributed by atoms with Gasteiger partial charge < -0.3 is 10.0 Å². The fourth-order valence-corrected chi connectivity index (χ4v) is 2.48. The van der Waals surface area contributed by atoms with Gasteiger partial charge >= 0.3 is 0 Å². The van der Waals surface area contributed by atoms with Gasteiger partial charge in [-0.2, -0.15) is 0 Å². The average Bonchev–Trinajstić information content (AvgIpc) is 2.19. The topological polar surface area (TPSA) is 23.5 Å². The number of hydrogen-bond acceptors (Lipinski definition) is 2. The molecule has 0 amide bonds. The van der Waals surface area contributed by atoms with Crippen LogP contribution in [0.1, 0.15) is 25.7 Å². The lowest BCUT2D eigenvalue weighted by molar-refractivity contribution is 0.0182. The molecule has 2 saturated heterocycles. The Balaban J connectivity index is 2.14. The fraction of sp³-hybridized carbons (Fsp3) is 1.00. The average molecular weight is 151 g/mol. The number of fused-ring (bicyclic) bond motifs is 2. The molecule has 2 aliphatic rings. The van der Waals surface area contributed by atoms with Gasteiger partial charge in [0.1, 0.15) is 7.85 Å². The first-order valence-corrected chi connectivity index (χ1v) is 4.32. The van der Waals surface area contributed by atoms with Crippen LogP contribution in [-0.2, 0) is 0 Å². The normalized spacial score (nSPS) is 51.5. The third kappa shape index (κ3) is 1.21. The number of hydrogen-bond donors (Lipinski definition) is 1. The van der Waals surface area contributed by atoms with E-state index in [4.69, 9.17) is 7.85 Å². The van der Waals surface area contributed by atoms with E-state index in [9.17, 15) is 5.11 Å². The van der Waals surface area contributed by atoms with E-state index in [0.717, 1.165) is 12.8 Å². The lowest BCUT2D eigenvalue weighted by Gasteiger charge is -2.40. The SMILES string of the molecule is [B]C1(O)CC2CCC(C1)N2C. The lowest BCUT2D eigenvalue weighted by atomic mass is 9.71. The molecule has 0 aliphatic carbocycles. The van der Waals surface area contributed by atoms with Gasteiger partial charge in [0.05, 0.1) is 0 Å². The number of aliphatic hydroxyl groups is 1. The second-order valence-corrected chi connectivity index (χ2v) is 4.06. The predicted molar refractivity (Wildman–Crippen MR) is 44.5 cm³/mol. The summed E-state index contributed by atoms with van der Waals surface area (Å²) in [5, 5.41) is 9.62. The van der Waals surface area contributed by atoms with Crippen LogP contribution in [0.2, 0.25) is 0 Å². The van der Waals surface area contributed by atoms with Crippen LogP contribution < -0.4 is 0 Å². The molecule has 60 valence electrons. The summed E-state index contributed by atoms with van der Waals surface area (Å²) in [5.41, 5.74) is -0.877. The molecule has 2 nitrogen and oxygen atoms in total. The Kier molecular flexibility index (Phi) is 1.55. The van der Waals surface area contributed by atoms with Crippen molar-refractivity contribution in [2.24, 2.45) is 0 Å². The van der Waals surface area contributed by atoms with Crippen LogP contribution in [0.15, 0.2) is 0 Å². The van der Waals surface area contributed by atoms with Gasteiger partial charge in [-0.15, -0.1) is 0 Å². The zero-order chi connectivity index (χ0) is 8.06. The number of piperidine rings is 1. The van der Waals surface area contributed by atoms with Crippen LogP contribution in [0.25, 0.3) is 0 Å². The Morgan fingerprint density at radius 1 is 1.36 bits per heavy atom. The van der Waals surface area contributed by atoms with Gasteiger partial charge in [-0.1, -0.05) is 0 Å². The second-order valence-electron chi connectivity index (χ2n) is 4.06. The predicted octanol–water partition coefficient (Wildman–Crippen LogP) is 0.100. The molecule has 2 radical (unpaired) electrons. The molecule has 2 aliphatic heterocycles. The van der Waals surface area contributed by atoms with Crippen molar-refractivity contribution in [3.05, 3.63) is 0 Å². The largest absolute Gasteiger partial charge is 0.400 e. The second kappa shape index (κ2) is 2.24. The Morgan fingerprint density at radius 3 is 2.27 bits per heavy atom. The van der Waals surface area contributed by atoms with Gasteiger partial charge in [0, 0.05) is 17.6 Å². The van der Waals surface area contributed by atoms with Crippen LogP contribution in [0.3, 0.4) is 0 Å². The maximum atomic E-state index is 9.62. The molecule has 3 heteroatoms. The molecule has 2 bridgehead atoms. The minimum absolute atomic E-state index is 0.531. The quantitative estimate of drug-likeness (QED) is 0.496. The molecule has 0 aromatic carbocycles. The molecule has 0 aromatic rings. The maximum absolute atomic E-state index is 9.62. The molecule has 2 heterocycles. The van der Waals surface area contributed by atoms with Crippen molar-refractivity contribution in [2.45, 2.75) is 43.3 Å². The lowest BCUT2D eigenvalue weighted by Crippen LogP contribution is -2.49. The zero-order valence-corrected chi connectivity index (χ0v) is 6.95. The van der Waals surface area contributed by atoms with E-state index < -0.39 is 5.50 Å². The van der Waals surface area contributed by atoms with Gasteiger partial charge in [0.25, 0.3) is 0 Å². The summed E-state index contributed by atoms with van der Waals surface area (Å²) in [6.45, 7) is 0. The molecule has 2 atom stereocenters. The highest BCUT2D eigenvalue weighted by Crippen LogP contribution is 2.37. The zero-order valence-electron chi connectivity index (χ0n) is 6.95. The van der Waals surface area contributed by atoms with Crippen LogP contribution >= 0.6 is 0 Å². The highest BCUT2D eigenvalue weighted by atomic mass is 16.3. The summed E-state index contributed by atoms with van der Waals surface area (Å²) < 4.78 is 0. The third-order valence-corrected chi connectivity index (χ3v) is 3.16. The molecule has 11 heavy (non-hydrogen) atoms. The van der Waals surface area contributed by atoms with Crippen LogP contribution in [-0.4, -0.2) is 42.5 Å². The van der Waals surface area contributed by atoms with E-state index in [1.807, 2.05) is 0 Å². The first-order chi connectivity index (χ1) is 5.08. The Bertz CT molecular complexity index is 155. The van der Waals surface area contributed by atoms with E-state index in [2.05, 4.69) is 11.9 Å². The van der Waals surface area contributed by atoms with E-state index in [0.29, 0.717) is 12.1 Å². The minimum atomic E-state index is -0.877. The highest BCUT2D eigenvalue weighted by Gasteiger charge is 2.42. The monoisotopic (exact) mass is 151 g/mol. The van der Waals surface area contributed by atoms with Crippen molar-refractivity contribution in [1.82, 2.24) is 4.90 Å². The summed E-state index contributed by atoms with van der Waals surface area (Å²) >= 11 is 0. The van der Waals surface area contributed by atoms with Crippen LogP contribution in [0.5, 0.6) is 0 Å². The van der Waals surface area contributed by atoms with Gasteiger partial charge in [-0.05, 0) is 32.7 Å². The van der Waals surface area contributed by atoms with E-state index in [1.165, 1.54) is 12.8 Å². The number of nitrogens with zero attached hydrogens (tertiary/aromatic N) is 1. The van der Waals surface area contributed by atoms with Crippen molar-refractivity contribution in [3.63, 3.8) is 0 Å². The van der Waals surface area contributed by atoms with Crippen LogP contribution in [0.4, 0.5) is 0 Å². The summed E-state index contributed by atoms with van der Waals surface area (Å²) in [7, 11) is 7.83. The standard InChI is InChI=1S/C8H14BNO/c1-10-6-2-3-7(10)5-8(9,11)4-6/h6-7,11H,2-5H2,1H3. The molecule has 2 rings (SSSR count). The summed E-state index contributed by atoms with van der Waals surface area (Å²) in [6, 6.07) is 1.06. The van der Waals surface area contributed by atoms with E-state index >= 15 is 0 Å².